The van der Waals surface area contributed by atoms with Gasteiger partial charge in [0.05, 0.1) is 5.69 Å². The van der Waals surface area contributed by atoms with Crippen molar-refractivity contribution < 1.29 is 4.39 Å². The van der Waals surface area contributed by atoms with Crippen molar-refractivity contribution >= 4 is 21.5 Å². The van der Waals surface area contributed by atoms with Crippen molar-refractivity contribution in [3.8, 4) is 16.9 Å². The third-order valence-electron chi connectivity index (χ3n) is 4.62. The summed E-state index contributed by atoms with van der Waals surface area (Å²) in [6, 6.07) is 25.7. The Kier molecular flexibility index (Phi) is 2.74. The first kappa shape index (κ1) is 13.3. The lowest BCUT2D eigenvalue weighted by atomic mass is 10.0. The molecule has 0 radical (unpaired) electrons. The Hall–Kier alpha value is -3.13. The van der Waals surface area contributed by atoms with Crippen LogP contribution in [0, 0.1) is 5.82 Å². The Bertz CT molecular complexity index is 1150. The maximum atomic E-state index is 13.7. The molecule has 3 aromatic rings. The van der Waals surface area contributed by atoms with Gasteiger partial charge in [0.25, 0.3) is 0 Å². The van der Waals surface area contributed by atoms with Gasteiger partial charge in [-0.05, 0) is 52.6 Å². The summed E-state index contributed by atoms with van der Waals surface area (Å²) in [5.41, 5.74) is 3.37. The predicted molar refractivity (Wildman–Crippen MR) is 97.4 cm³/mol. The fourth-order valence-electron chi connectivity index (χ4n) is 3.55. The predicted octanol–water partition coefficient (Wildman–Crippen LogP) is 6.03. The average molecular weight is 311 g/mol. The van der Waals surface area contributed by atoms with E-state index in [9.17, 15) is 4.39 Å². The molecule has 0 saturated carbocycles. The summed E-state index contributed by atoms with van der Waals surface area (Å²) in [6.45, 7) is 0. The van der Waals surface area contributed by atoms with Gasteiger partial charge in [-0.25, -0.2) is 4.39 Å². The maximum absolute atomic E-state index is 13.7. The third-order valence-corrected chi connectivity index (χ3v) is 4.62. The largest absolute Gasteiger partial charge is 0.315 e. The summed E-state index contributed by atoms with van der Waals surface area (Å²) in [7, 11) is 0. The fourth-order valence-corrected chi connectivity index (χ4v) is 3.55. The second-order valence-electron chi connectivity index (χ2n) is 6.06. The minimum absolute atomic E-state index is 0.201. The number of fused-ring (bicyclic) bond motifs is 5. The van der Waals surface area contributed by atoms with Crippen molar-refractivity contribution in [1.82, 2.24) is 4.57 Å². The van der Waals surface area contributed by atoms with Crippen LogP contribution in [-0.4, -0.2) is 4.57 Å². The Balaban J connectivity index is 2.01. The molecule has 3 aromatic carbocycles. The molecular weight excluding hydrogens is 297 g/mol. The molecule has 0 unspecified atom stereocenters. The van der Waals surface area contributed by atoms with E-state index in [1.807, 2.05) is 36.4 Å². The molecular formula is C22H14FN. The number of benzene rings is 3. The first-order valence-corrected chi connectivity index (χ1v) is 7.99. The van der Waals surface area contributed by atoms with E-state index in [1.165, 1.54) is 16.8 Å². The Morgan fingerprint density at radius 2 is 1.46 bits per heavy atom. The molecule has 24 heavy (non-hydrogen) atoms. The average Bonchev–Trinajstić information content (AvgIpc) is 3.00. The number of hydrogen-bond acceptors (Lipinski definition) is 0. The van der Waals surface area contributed by atoms with Crippen LogP contribution in [0.15, 0.2) is 85.1 Å². The molecule has 0 bridgehead atoms. The Labute approximate surface area is 138 Å². The van der Waals surface area contributed by atoms with Crippen molar-refractivity contribution in [3.63, 3.8) is 0 Å². The molecule has 1 aliphatic carbocycles. The van der Waals surface area contributed by atoms with Gasteiger partial charge in [0.1, 0.15) is 5.82 Å². The van der Waals surface area contributed by atoms with E-state index in [0.717, 1.165) is 27.7 Å². The summed E-state index contributed by atoms with van der Waals surface area (Å²) >= 11 is 0. The number of hydrogen-bond donors (Lipinski definition) is 0. The standard InChI is InChI=1S/C22H14FN/c23-17-10-11-20-16(12-17)13-21-19-9-5-4-6-15(19)14-24(22(20)21)18-7-2-1-3-8-18/h1-14H. The molecule has 1 heterocycles. The lowest BCUT2D eigenvalue weighted by Crippen LogP contribution is -2.00. The van der Waals surface area contributed by atoms with E-state index in [-0.39, 0.29) is 5.82 Å². The van der Waals surface area contributed by atoms with Crippen LogP contribution < -0.4 is 0 Å². The molecule has 0 saturated heterocycles. The van der Waals surface area contributed by atoms with Gasteiger partial charge in [-0.15, -0.1) is 0 Å². The van der Waals surface area contributed by atoms with E-state index in [1.54, 1.807) is 6.07 Å². The highest BCUT2D eigenvalue weighted by atomic mass is 19.1. The van der Waals surface area contributed by atoms with Crippen molar-refractivity contribution in [1.29, 1.82) is 0 Å². The van der Waals surface area contributed by atoms with Gasteiger partial charge in [-0.3, -0.25) is 0 Å². The molecule has 0 aromatic heterocycles. The van der Waals surface area contributed by atoms with Crippen LogP contribution in [0.4, 0.5) is 4.39 Å². The van der Waals surface area contributed by atoms with Gasteiger partial charge in [0, 0.05) is 22.8 Å². The maximum Gasteiger partial charge on any atom is 0.123 e. The van der Waals surface area contributed by atoms with Gasteiger partial charge in [0.2, 0.25) is 0 Å². The number of pyridine rings is 1. The van der Waals surface area contributed by atoms with Crippen LogP contribution >= 0.6 is 0 Å². The van der Waals surface area contributed by atoms with Gasteiger partial charge in [0.15, 0.2) is 0 Å². The number of aromatic nitrogens is 1. The monoisotopic (exact) mass is 311 g/mol. The number of nitrogens with zero attached hydrogens (tertiary/aromatic N) is 1. The Morgan fingerprint density at radius 3 is 2.33 bits per heavy atom. The second-order valence-corrected chi connectivity index (χ2v) is 6.06. The minimum Gasteiger partial charge on any atom is -0.315 e. The molecule has 1 nitrogen and oxygen atoms in total. The van der Waals surface area contributed by atoms with Gasteiger partial charge in [-0.1, -0.05) is 42.5 Å². The quantitative estimate of drug-likeness (QED) is 0.356. The van der Waals surface area contributed by atoms with Gasteiger partial charge < -0.3 is 4.57 Å². The number of rotatable bonds is 1. The van der Waals surface area contributed by atoms with E-state index < -0.39 is 0 Å². The Morgan fingerprint density at radius 1 is 0.667 bits per heavy atom. The van der Waals surface area contributed by atoms with E-state index in [2.05, 4.69) is 41.1 Å². The van der Waals surface area contributed by atoms with E-state index in [0.29, 0.717) is 0 Å². The highest BCUT2D eigenvalue weighted by Gasteiger charge is 2.18. The van der Waals surface area contributed by atoms with E-state index >= 15 is 0 Å². The summed E-state index contributed by atoms with van der Waals surface area (Å²) in [6.07, 6.45) is 2.16. The minimum atomic E-state index is -0.201. The lowest BCUT2D eigenvalue weighted by molar-refractivity contribution is 0.630. The zero-order valence-corrected chi connectivity index (χ0v) is 12.9. The second kappa shape index (κ2) is 4.93. The summed E-state index contributed by atoms with van der Waals surface area (Å²) in [5.74, 6) is -0.201. The van der Waals surface area contributed by atoms with Gasteiger partial charge >= 0.3 is 0 Å². The first-order chi connectivity index (χ1) is 11.8. The van der Waals surface area contributed by atoms with Crippen LogP contribution in [-0.2, 0) is 0 Å². The SMILES string of the molecule is Fc1ccc2c3n(-c4ccccc4)cc4ccccc4c-3cc2c1. The highest BCUT2D eigenvalue weighted by molar-refractivity contribution is 6.10. The molecule has 2 heteroatoms. The molecule has 1 aliphatic heterocycles. The van der Waals surface area contributed by atoms with Crippen LogP contribution in [0.1, 0.15) is 0 Å². The van der Waals surface area contributed by atoms with Crippen LogP contribution in [0.2, 0.25) is 0 Å². The number of para-hydroxylation sites is 1. The van der Waals surface area contributed by atoms with Crippen molar-refractivity contribution in [2.75, 3.05) is 0 Å². The van der Waals surface area contributed by atoms with Crippen molar-refractivity contribution in [2.45, 2.75) is 0 Å². The normalized spacial score (nSPS) is 11.5. The molecule has 5 rings (SSSR count). The van der Waals surface area contributed by atoms with Crippen molar-refractivity contribution in [2.24, 2.45) is 0 Å². The highest BCUT2D eigenvalue weighted by Crippen LogP contribution is 2.40. The van der Waals surface area contributed by atoms with Crippen LogP contribution in [0.3, 0.4) is 0 Å². The first-order valence-electron chi connectivity index (χ1n) is 7.99. The molecule has 114 valence electrons. The zero-order chi connectivity index (χ0) is 16.1. The van der Waals surface area contributed by atoms with Crippen molar-refractivity contribution in [3.05, 3.63) is 90.9 Å². The smallest absolute Gasteiger partial charge is 0.123 e. The lowest BCUT2D eigenvalue weighted by Gasteiger charge is -2.16. The van der Waals surface area contributed by atoms with Crippen LogP contribution in [0.5, 0.6) is 0 Å². The zero-order valence-electron chi connectivity index (χ0n) is 12.9. The molecule has 0 fully saturated rings. The molecule has 0 amide bonds. The number of halogens is 1. The van der Waals surface area contributed by atoms with Crippen LogP contribution in [0.25, 0.3) is 38.5 Å². The summed E-state index contributed by atoms with van der Waals surface area (Å²) < 4.78 is 15.9. The molecule has 0 N–H and O–H groups in total. The molecule has 0 atom stereocenters. The summed E-state index contributed by atoms with van der Waals surface area (Å²) in [5, 5.41) is 4.37. The third kappa shape index (κ3) is 1.86. The molecule has 0 spiro atoms. The fraction of sp³-hybridized carbons (Fsp3) is 0. The molecule has 2 aliphatic rings. The van der Waals surface area contributed by atoms with E-state index in [4.69, 9.17) is 0 Å². The summed E-state index contributed by atoms with van der Waals surface area (Å²) in [4.78, 5) is 0. The topological polar surface area (TPSA) is 4.93 Å². The van der Waals surface area contributed by atoms with Gasteiger partial charge in [-0.2, -0.15) is 0 Å².